The van der Waals surface area contributed by atoms with Crippen molar-refractivity contribution in [2.24, 2.45) is 0 Å². The van der Waals surface area contributed by atoms with Gasteiger partial charge in [-0.3, -0.25) is 0 Å². The van der Waals surface area contributed by atoms with Crippen LogP contribution in [0.5, 0.6) is 0 Å². The van der Waals surface area contributed by atoms with Crippen LogP contribution >= 0.6 is 0 Å². The highest BCUT2D eigenvalue weighted by molar-refractivity contribution is 6.08. The summed E-state index contributed by atoms with van der Waals surface area (Å²) in [5.74, 6) is 0. The number of benzene rings is 3. The van der Waals surface area contributed by atoms with Gasteiger partial charge in [0.2, 0.25) is 17.1 Å². The average Bonchev–Trinajstić information content (AvgIpc) is 3.38. The molecule has 0 radical (unpaired) electrons. The summed E-state index contributed by atoms with van der Waals surface area (Å²) in [6.07, 6.45) is 37.6. The van der Waals surface area contributed by atoms with Gasteiger partial charge in [0.1, 0.15) is 0 Å². The number of allylic oxidation sites excluding steroid dienone is 3. The Labute approximate surface area is 417 Å². The van der Waals surface area contributed by atoms with Crippen LogP contribution in [0.4, 0.5) is 34.1 Å². The maximum atomic E-state index is 2.67. The van der Waals surface area contributed by atoms with Gasteiger partial charge in [-0.05, 0) is 112 Å². The van der Waals surface area contributed by atoms with Gasteiger partial charge in [0, 0.05) is 117 Å². The van der Waals surface area contributed by atoms with Crippen molar-refractivity contribution in [1.82, 2.24) is 9.48 Å². The molecule has 372 valence electrons. The van der Waals surface area contributed by atoms with Gasteiger partial charge in [0.15, 0.2) is 0 Å². The van der Waals surface area contributed by atoms with Gasteiger partial charge in [0.05, 0.1) is 12.1 Å². The predicted octanol–water partition coefficient (Wildman–Crippen LogP) is 16.3. The van der Waals surface area contributed by atoms with Crippen LogP contribution in [0.1, 0.15) is 165 Å². The van der Waals surface area contributed by atoms with E-state index < -0.39 is 0 Å². The topological polar surface area (TPSA) is 19.2 Å². The van der Waals surface area contributed by atoms with Gasteiger partial charge >= 0.3 is 0 Å². The number of hydrogen-bond acceptors (Lipinski definition) is 5. The molecule has 0 N–H and O–H groups in total. The van der Waals surface area contributed by atoms with E-state index in [1.54, 1.807) is 0 Å². The molecule has 6 heteroatoms. The zero-order valence-corrected chi connectivity index (χ0v) is 44.5. The average molecular weight is 924 g/mol. The third-order valence-electron chi connectivity index (χ3n) is 14.0. The van der Waals surface area contributed by atoms with E-state index in [-0.39, 0.29) is 12.1 Å². The quantitative estimate of drug-likeness (QED) is 0.0565. The molecule has 0 aromatic heterocycles. The van der Waals surface area contributed by atoms with Crippen LogP contribution in [-0.4, -0.2) is 75.1 Å². The molecule has 6 nitrogen and oxygen atoms in total. The van der Waals surface area contributed by atoms with Crippen molar-refractivity contribution in [3.05, 3.63) is 121 Å². The molecular weight excluding hydrogens is 829 g/mol. The maximum absolute atomic E-state index is 2.67. The summed E-state index contributed by atoms with van der Waals surface area (Å²) >= 11 is 0. The smallest absolute Gasteiger partial charge is 0.211 e. The molecule has 3 aromatic rings. The Kier molecular flexibility index (Phi) is 24.5. The first-order chi connectivity index (χ1) is 33.4. The molecule has 0 saturated carbocycles. The van der Waals surface area contributed by atoms with Crippen molar-refractivity contribution in [1.29, 1.82) is 0 Å². The highest BCUT2D eigenvalue weighted by Gasteiger charge is 2.28. The fraction of sp³-hybridized carbons (Fsp3) is 0.565. The standard InChI is InChI=1S/C62H95N6/c1-9-17-45-63(46-18-10-2)53-25-33-57(34-26-53)67(58-35-27-54(28-36-58)64(47-19-11-3)48-20-12-4)61-41-43-62(44-42-61)68(59-37-29-55(30-38-59)65(49-21-13-5)50-22-14-6)60-39-31-56(32-40-60)66(51-23-15-7)52-24-16-8/h25-39,41-44,60,62H,9-24,40,45-52H2,1-8H3/q+1. The lowest BCUT2D eigenvalue weighted by atomic mass is 9.98. The van der Waals surface area contributed by atoms with Gasteiger partial charge in [-0.1, -0.05) is 131 Å². The van der Waals surface area contributed by atoms with Gasteiger partial charge in [-0.15, -0.1) is 0 Å². The molecule has 1 unspecified atom stereocenters. The molecule has 0 heterocycles. The second kappa shape index (κ2) is 30.7. The van der Waals surface area contributed by atoms with Gasteiger partial charge in [0.25, 0.3) is 0 Å². The van der Waals surface area contributed by atoms with E-state index in [2.05, 4.69) is 200 Å². The number of hydrogen-bond donors (Lipinski definition) is 0. The number of rotatable bonds is 33. The maximum Gasteiger partial charge on any atom is 0.211 e. The van der Waals surface area contributed by atoms with Gasteiger partial charge < -0.3 is 24.5 Å². The monoisotopic (exact) mass is 924 g/mol. The fourth-order valence-corrected chi connectivity index (χ4v) is 9.65. The van der Waals surface area contributed by atoms with E-state index in [4.69, 9.17) is 0 Å². The van der Waals surface area contributed by atoms with Crippen molar-refractivity contribution in [2.45, 2.75) is 177 Å². The molecule has 68 heavy (non-hydrogen) atoms. The van der Waals surface area contributed by atoms with E-state index in [0.717, 1.165) is 58.8 Å². The van der Waals surface area contributed by atoms with Crippen LogP contribution in [0, 0.1) is 0 Å². The normalized spacial score (nSPS) is 15.4. The van der Waals surface area contributed by atoms with E-state index in [1.165, 1.54) is 148 Å². The highest BCUT2D eigenvalue weighted by Crippen LogP contribution is 2.33. The highest BCUT2D eigenvalue weighted by atomic mass is 15.2. The SMILES string of the molecule is CCCCN(CCCC)C1=CCC(N(c2ccc(N(CCCC)CCCC)cc2)C2C=CC(=[N+](c3ccc(N(CCCC)CCCC)cc3)c3ccc(N(CCCC)CCCC)cc3)C=C2)C=C1. The number of nitrogens with zero attached hydrogens (tertiary/aromatic N) is 6. The predicted molar refractivity (Wildman–Crippen MR) is 303 cm³/mol. The Morgan fingerprint density at radius 1 is 0.382 bits per heavy atom. The molecule has 2 aliphatic carbocycles. The minimum Gasteiger partial charge on any atom is -0.372 e. The Morgan fingerprint density at radius 2 is 0.706 bits per heavy atom. The third kappa shape index (κ3) is 16.2. The Morgan fingerprint density at radius 3 is 1.03 bits per heavy atom. The van der Waals surface area contributed by atoms with Crippen LogP contribution in [0.25, 0.3) is 0 Å². The van der Waals surface area contributed by atoms with E-state index in [9.17, 15) is 0 Å². The van der Waals surface area contributed by atoms with Crippen molar-refractivity contribution in [3.8, 4) is 0 Å². The zero-order valence-electron chi connectivity index (χ0n) is 44.5. The molecule has 0 aliphatic heterocycles. The van der Waals surface area contributed by atoms with E-state index >= 15 is 0 Å². The lowest BCUT2D eigenvalue weighted by Crippen LogP contribution is -2.42. The van der Waals surface area contributed by atoms with Crippen molar-refractivity contribution >= 4 is 39.8 Å². The Balaban J connectivity index is 1.55. The fourth-order valence-electron chi connectivity index (χ4n) is 9.65. The Hall–Kier alpha value is -4.71. The van der Waals surface area contributed by atoms with E-state index in [1.807, 2.05) is 0 Å². The summed E-state index contributed by atoms with van der Waals surface area (Å²) in [6, 6.07) is 28.7. The summed E-state index contributed by atoms with van der Waals surface area (Å²) < 4.78 is 2.47. The van der Waals surface area contributed by atoms with Crippen LogP contribution in [0.15, 0.2) is 121 Å². The van der Waals surface area contributed by atoms with Crippen LogP contribution in [0.3, 0.4) is 0 Å². The minimum absolute atomic E-state index is 0.102. The van der Waals surface area contributed by atoms with Gasteiger partial charge in [-0.25, -0.2) is 0 Å². The molecule has 2 aliphatic rings. The molecule has 0 bridgehead atoms. The Bertz CT molecular complexity index is 1880. The van der Waals surface area contributed by atoms with Crippen molar-refractivity contribution in [3.63, 3.8) is 0 Å². The minimum atomic E-state index is 0.102. The first-order valence-electron chi connectivity index (χ1n) is 27.9. The summed E-state index contributed by atoms with van der Waals surface area (Å²) in [6.45, 7) is 27.3. The number of anilines is 4. The molecule has 3 aromatic carbocycles. The van der Waals surface area contributed by atoms with E-state index in [0.29, 0.717) is 0 Å². The van der Waals surface area contributed by atoms with Crippen LogP contribution < -0.4 is 24.2 Å². The van der Waals surface area contributed by atoms with Crippen molar-refractivity contribution in [2.75, 3.05) is 72.0 Å². The molecule has 0 fully saturated rings. The summed E-state index contributed by atoms with van der Waals surface area (Å²) in [5.41, 5.74) is 10.2. The number of unbranched alkanes of at least 4 members (excludes halogenated alkanes) is 8. The third-order valence-corrected chi connectivity index (χ3v) is 14.0. The molecule has 0 saturated heterocycles. The second-order valence-corrected chi connectivity index (χ2v) is 19.5. The largest absolute Gasteiger partial charge is 0.372 e. The lowest BCUT2D eigenvalue weighted by molar-refractivity contribution is 0.337. The first-order valence-corrected chi connectivity index (χ1v) is 27.9. The molecule has 1 atom stereocenters. The zero-order chi connectivity index (χ0) is 48.4. The second-order valence-electron chi connectivity index (χ2n) is 19.5. The summed E-state index contributed by atoms with van der Waals surface area (Å²) in [7, 11) is 0. The first kappa shape index (κ1) is 54.2. The van der Waals surface area contributed by atoms with Gasteiger partial charge in [-0.2, -0.15) is 4.58 Å². The molecule has 0 spiro atoms. The molecular formula is C62H95N6+. The lowest BCUT2D eigenvalue weighted by Gasteiger charge is -2.39. The summed E-state index contributed by atoms with van der Waals surface area (Å²) in [5, 5.41) is 0. The molecule has 0 amide bonds. The van der Waals surface area contributed by atoms with Crippen LogP contribution in [0.2, 0.25) is 0 Å². The van der Waals surface area contributed by atoms with Crippen LogP contribution in [-0.2, 0) is 0 Å². The van der Waals surface area contributed by atoms with Crippen molar-refractivity contribution < 1.29 is 0 Å². The summed E-state index contributed by atoms with van der Waals surface area (Å²) in [4.78, 5) is 13.1. The molecule has 5 rings (SSSR count).